The van der Waals surface area contributed by atoms with Gasteiger partial charge in [0.1, 0.15) is 28.7 Å². The first-order chi connectivity index (χ1) is 10.1. The molecule has 1 N–H and O–H groups in total. The van der Waals surface area contributed by atoms with Crippen LogP contribution >= 0.6 is 0 Å². The standard InChI is InChI=1S/C15H11F2N3O/c1-9-4-2-7-13-18-12(8-20(9)13)15(21)19-14-10(16)5-3-6-11(14)17/h2-8H,1H3,(H,19,21). The van der Waals surface area contributed by atoms with E-state index >= 15 is 0 Å². The number of para-hydroxylation sites is 1. The van der Waals surface area contributed by atoms with Gasteiger partial charge in [-0.2, -0.15) is 0 Å². The number of fused-ring (bicyclic) bond motifs is 1. The number of amides is 1. The third kappa shape index (κ3) is 2.35. The fourth-order valence-electron chi connectivity index (χ4n) is 2.05. The molecule has 3 aromatic rings. The first-order valence-corrected chi connectivity index (χ1v) is 6.26. The van der Waals surface area contributed by atoms with Gasteiger partial charge in [0.2, 0.25) is 0 Å². The van der Waals surface area contributed by atoms with Crippen LogP contribution < -0.4 is 5.32 Å². The highest BCUT2D eigenvalue weighted by molar-refractivity contribution is 6.03. The zero-order valence-corrected chi connectivity index (χ0v) is 11.1. The number of hydrogen-bond acceptors (Lipinski definition) is 2. The molecule has 0 saturated heterocycles. The maximum absolute atomic E-state index is 13.5. The number of nitrogens with one attached hydrogen (secondary N) is 1. The van der Waals surface area contributed by atoms with E-state index in [1.165, 1.54) is 12.3 Å². The number of rotatable bonds is 2. The number of nitrogens with zero attached hydrogens (tertiary/aromatic N) is 2. The average Bonchev–Trinajstić information content (AvgIpc) is 2.88. The van der Waals surface area contributed by atoms with E-state index in [-0.39, 0.29) is 5.69 Å². The fraction of sp³-hybridized carbons (Fsp3) is 0.0667. The van der Waals surface area contributed by atoms with E-state index in [4.69, 9.17) is 0 Å². The Kier molecular flexibility index (Phi) is 3.13. The van der Waals surface area contributed by atoms with Crippen LogP contribution in [0, 0.1) is 18.6 Å². The van der Waals surface area contributed by atoms with Crippen molar-refractivity contribution in [1.82, 2.24) is 9.38 Å². The molecule has 21 heavy (non-hydrogen) atoms. The van der Waals surface area contributed by atoms with Gasteiger partial charge in [-0.3, -0.25) is 4.79 Å². The topological polar surface area (TPSA) is 46.4 Å². The van der Waals surface area contributed by atoms with Crippen molar-refractivity contribution >= 4 is 17.2 Å². The van der Waals surface area contributed by atoms with Gasteiger partial charge in [0.05, 0.1) is 0 Å². The molecule has 0 aliphatic rings. The van der Waals surface area contributed by atoms with Crippen molar-refractivity contribution in [2.45, 2.75) is 6.92 Å². The number of carbonyl (C=O) groups excluding carboxylic acids is 1. The molecule has 0 unspecified atom stereocenters. The van der Waals surface area contributed by atoms with Crippen LogP contribution in [0.3, 0.4) is 0 Å². The number of aromatic nitrogens is 2. The molecule has 0 radical (unpaired) electrons. The lowest BCUT2D eigenvalue weighted by Crippen LogP contribution is -2.14. The van der Waals surface area contributed by atoms with Crippen molar-refractivity contribution in [3.63, 3.8) is 0 Å². The smallest absolute Gasteiger partial charge is 0.276 e. The third-order valence-corrected chi connectivity index (χ3v) is 3.13. The molecule has 3 rings (SSSR count). The van der Waals surface area contributed by atoms with Gasteiger partial charge in [-0.05, 0) is 31.2 Å². The van der Waals surface area contributed by atoms with Gasteiger partial charge in [-0.15, -0.1) is 0 Å². The van der Waals surface area contributed by atoms with Crippen molar-refractivity contribution in [1.29, 1.82) is 0 Å². The highest BCUT2D eigenvalue weighted by Crippen LogP contribution is 2.19. The second kappa shape index (κ2) is 4.97. The van der Waals surface area contributed by atoms with E-state index in [1.54, 1.807) is 10.5 Å². The molecule has 0 aliphatic carbocycles. The molecule has 0 spiro atoms. The van der Waals surface area contributed by atoms with Crippen molar-refractivity contribution < 1.29 is 13.6 Å². The van der Waals surface area contributed by atoms with Crippen LogP contribution in [-0.2, 0) is 0 Å². The SMILES string of the molecule is Cc1cccc2nc(C(=O)Nc3c(F)cccc3F)cn12. The minimum absolute atomic E-state index is 0.0898. The van der Waals surface area contributed by atoms with Crippen LogP contribution in [0.25, 0.3) is 5.65 Å². The molecule has 2 heterocycles. The monoisotopic (exact) mass is 287 g/mol. The van der Waals surface area contributed by atoms with Crippen molar-refractivity contribution in [3.05, 3.63) is 65.6 Å². The highest BCUT2D eigenvalue weighted by atomic mass is 19.1. The van der Waals surface area contributed by atoms with E-state index in [2.05, 4.69) is 10.3 Å². The molecule has 4 nitrogen and oxygen atoms in total. The molecule has 1 aromatic carbocycles. The lowest BCUT2D eigenvalue weighted by molar-refractivity contribution is 0.102. The maximum atomic E-state index is 13.5. The van der Waals surface area contributed by atoms with Gasteiger partial charge in [0.25, 0.3) is 5.91 Å². The summed E-state index contributed by atoms with van der Waals surface area (Å²) in [5, 5.41) is 2.21. The normalized spacial score (nSPS) is 10.8. The van der Waals surface area contributed by atoms with Crippen LogP contribution in [0.4, 0.5) is 14.5 Å². The summed E-state index contributed by atoms with van der Waals surface area (Å²) in [6.45, 7) is 1.87. The molecule has 0 saturated carbocycles. The van der Waals surface area contributed by atoms with Crippen LogP contribution in [0.15, 0.2) is 42.6 Å². The summed E-state index contributed by atoms with van der Waals surface area (Å²) in [5.41, 5.74) is 1.11. The zero-order chi connectivity index (χ0) is 15.0. The van der Waals surface area contributed by atoms with Gasteiger partial charge in [-0.1, -0.05) is 12.1 Å². The Balaban J connectivity index is 1.96. The molecule has 0 fully saturated rings. The lowest BCUT2D eigenvalue weighted by atomic mass is 10.3. The predicted octanol–water partition coefficient (Wildman–Crippen LogP) is 3.17. The number of benzene rings is 1. The number of halogens is 2. The molecule has 6 heteroatoms. The minimum Gasteiger partial charge on any atom is -0.316 e. The van der Waals surface area contributed by atoms with E-state index in [9.17, 15) is 13.6 Å². The first-order valence-electron chi connectivity index (χ1n) is 6.26. The van der Waals surface area contributed by atoms with Crippen LogP contribution in [0.1, 0.15) is 16.2 Å². The fourth-order valence-corrected chi connectivity index (χ4v) is 2.05. The molecule has 1 amide bonds. The molecular weight excluding hydrogens is 276 g/mol. The van der Waals surface area contributed by atoms with Gasteiger partial charge in [0, 0.05) is 11.9 Å². The largest absolute Gasteiger partial charge is 0.316 e. The maximum Gasteiger partial charge on any atom is 0.276 e. The molecule has 0 atom stereocenters. The van der Waals surface area contributed by atoms with Crippen LogP contribution in [0.2, 0.25) is 0 Å². The summed E-state index contributed by atoms with van der Waals surface area (Å²) in [4.78, 5) is 16.2. The Bertz CT molecular complexity index is 822. The first kappa shape index (κ1) is 13.2. The summed E-state index contributed by atoms with van der Waals surface area (Å²) in [7, 11) is 0. The van der Waals surface area contributed by atoms with E-state index in [1.807, 2.05) is 19.1 Å². The molecular formula is C15H11F2N3O. The Morgan fingerprint density at radius 2 is 1.81 bits per heavy atom. The van der Waals surface area contributed by atoms with Gasteiger partial charge in [-0.25, -0.2) is 13.8 Å². The summed E-state index contributed by atoms with van der Waals surface area (Å²) in [6.07, 6.45) is 1.53. The summed E-state index contributed by atoms with van der Waals surface area (Å²) in [5.74, 6) is -2.33. The zero-order valence-electron chi connectivity index (χ0n) is 11.1. The number of imidazole rings is 1. The Morgan fingerprint density at radius 1 is 1.14 bits per heavy atom. The number of anilines is 1. The number of carbonyl (C=O) groups is 1. The molecule has 106 valence electrons. The average molecular weight is 287 g/mol. The molecule has 0 aliphatic heterocycles. The van der Waals surface area contributed by atoms with E-state index < -0.39 is 23.2 Å². The summed E-state index contributed by atoms with van der Waals surface area (Å²) >= 11 is 0. The number of aryl methyl sites for hydroxylation is 1. The summed E-state index contributed by atoms with van der Waals surface area (Å²) < 4.78 is 28.8. The molecule has 0 bridgehead atoms. The van der Waals surface area contributed by atoms with Crippen molar-refractivity contribution in [2.24, 2.45) is 0 Å². The Labute approximate surface area is 119 Å². The van der Waals surface area contributed by atoms with E-state index in [0.29, 0.717) is 5.65 Å². The second-order valence-corrected chi connectivity index (χ2v) is 4.57. The number of hydrogen-bond donors (Lipinski definition) is 1. The van der Waals surface area contributed by atoms with Crippen LogP contribution in [-0.4, -0.2) is 15.3 Å². The minimum atomic E-state index is -0.830. The van der Waals surface area contributed by atoms with Gasteiger partial charge < -0.3 is 9.72 Å². The lowest BCUT2D eigenvalue weighted by Gasteiger charge is -2.05. The Morgan fingerprint density at radius 3 is 2.48 bits per heavy atom. The summed E-state index contributed by atoms with van der Waals surface area (Å²) in [6, 6.07) is 8.81. The Hall–Kier alpha value is -2.76. The number of pyridine rings is 1. The van der Waals surface area contributed by atoms with Crippen LogP contribution in [0.5, 0.6) is 0 Å². The predicted molar refractivity (Wildman–Crippen MR) is 74.2 cm³/mol. The quantitative estimate of drug-likeness (QED) is 0.787. The van der Waals surface area contributed by atoms with Crippen molar-refractivity contribution in [2.75, 3.05) is 5.32 Å². The molecule has 2 aromatic heterocycles. The van der Waals surface area contributed by atoms with Gasteiger partial charge >= 0.3 is 0 Å². The second-order valence-electron chi connectivity index (χ2n) is 4.57. The highest BCUT2D eigenvalue weighted by Gasteiger charge is 2.16. The van der Waals surface area contributed by atoms with E-state index in [0.717, 1.165) is 17.8 Å². The third-order valence-electron chi connectivity index (χ3n) is 3.13. The van der Waals surface area contributed by atoms with Crippen molar-refractivity contribution in [3.8, 4) is 0 Å². The van der Waals surface area contributed by atoms with Gasteiger partial charge in [0.15, 0.2) is 0 Å².